The molecular weight excluding hydrogens is 224 g/mol. The molecule has 1 aliphatic carbocycles. The van der Waals surface area contributed by atoms with Gasteiger partial charge in [0.2, 0.25) is 0 Å². The predicted octanol–water partition coefficient (Wildman–Crippen LogP) is 3.66. The number of hydrogen-bond acceptors (Lipinski definition) is 3. The van der Waals surface area contributed by atoms with E-state index in [1.807, 2.05) is 25.1 Å². The van der Waals surface area contributed by atoms with Crippen LogP contribution in [-0.2, 0) is 0 Å². The molecule has 1 aromatic carbocycles. The van der Waals surface area contributed by atoms with Gasteiger partial charge in [0, 0.05) is 6.04 Å². The first kappa shape index (κ1) is 13.1. The summed E-state index contributed by atoms with van der Waals surface area (Å²) < 4.78 is 5.52. The molecule has 0 amide bonds. The number of nitrogen functional groups attached to an aromatic ring is 1. The van der Waals surface area contributed by atoms with Gasteiger partial charge in [0.05, 0.1) is 18.0 Å². The number of anilines is 2. The van der Waals surface area contributed by atoms with Crippen molar-refractivity contribution in [2.45, 2.75) is 45.6 Å². The number of rotatable bonds is 5. The summed E-state index contributed by atoms with van der Waals surface area (Å²) in [7, 11) is 0. The number of nitrogens with two attached hydrogens (primary N) is 1. The normalized spacial score (nSPS) is 17.7. The number of hydrogen-bond donors (Lipinski definition) is 2. The second-order valence-corrected chi connectivity index (χ2v) is 5.13. The fourth-order valence-corrected chi connectivity index (χ4v) is 2.77. The highest BCUT2D eigenvalue weighted by Crippen LogP contribution is 2.33. The minimum Gasteiger partial charge on any atom is -0.492 e. The molecule has 0 aromatic heterocycles. The van der Waals surface area contributed by atoms with E-state index >= 15 is 0 Å². The highest BCUT2D eigenvalue weighted by atomic mass is 16.5. The second-order valence-electron chi connectivity index (χ2n) is 5.13. The van der Waals surface area contributed by atoms with Gasteiger partial charge in [0.1, 0.15) is 5.75 Å². The zero-order valence-electron chi connectivity index (χ0n) is 11.4. The number of para-hydroxylation sites is 1. The Bertz CT molecular complexity index is 386. The molecule has 1 aliphatic rings. The zero-order chi connectivity index (χ0) is 13.0. The van der Waals surface area contributed by atoms with E-state index in [1.165, 1.54) is 25.7 Å². The average Bonchev–Trinajstić information content (AvgIpc) is 2.88. The van der Waals surface area contributed by atoms with Crippen molar-refractivity contribution >= 4 is 11.4 Å². The Kier molecular flexibility index (Phi) is 4.34. The Balaban J connectivity index is 2.06. The largest absolute Gasteiger partial charge is 0.492 e. The molecule has 3 N–H and O–H groups in total. The minimum atomic E-state index is 0.478. The smallest absolute Gasteiger partial charge is 0.144 e. The second kappa shape index (κ2) is 5.98. The summed E-state index contributed by atoms with van der Waals surface area (Å²) in [6, 6.07) is 6.42. The van der Waals surface area contributed by atoms with Crippen molar-refractivity contribution in [1.82, 2.24) is 0 Å². The molecule has 0 radical (unpaired) electrons. The fourth-order valence-electron chi connectivity index (χ4n) is 2.77. The van der Waals surface area contributed by atoms with Crippen LogP contribution in [-0.4, -0.2) is 12.6 Å². The highest BCUT2D eigenvalue weighted by Gasteiger charge is 2.22. The minimum absolute atomic E-state index is 0.478. The van der Waals surface area contributed by atoms with Crippen molar-refractivity contribution in [3.63, 3.8) is 0 Å². The van der Waals surface area contributed by atoms with Gasteiger partial charge in [-0.05, 0) is 44.7 Å². The van der Waals surface area contributed by atoms with Gasteiger partial charge >= 0.3 is 0 Å². The number of ether oxygens (including phenoxy) is 1. The molecule has 0 saturated heterocycles. The van der Waals surface area contributed by atoms with Crippen molar-refractivity contribution in [2.24, 2.45) is 5.92 Å². The van der Waals surface area contributed by atoms with Gasteiger partial charge in [-0.3, -0.25) is 0 Å². The van der Waals surface area contributed by atoms with Gasteiger partial charge in [0.25, 0.3) is 0 Å². The first-order valence-electron chi connectivity index (χ1n) is 7.00. The van der Waals surface area contributed by atoms with E-state index in [9.17, 15) is 0 Å². The molecule has 1 fully saturated rings. The lowest BCUT2D eigenvalue weighted by molar-refractivity contribution is 0.342. The number of nitrogens with one attached hydrogen (secondary N) is 1. The van der Waals surface area contributed by atoms with Crippen LogP contribution in [0.15, 0.2) is 18.2 Å². The molecule has 1 saturated carbocycles. The van der Waals surface area contributed by atoms with Crippen LogP contribution in [0.3, 0.4) is 0 Å². The molecule has 1 unspecified atom stereocenters. The van der Waals surface area contributed by atoms with Crippen LogP contribution in [0.2, 0.25) is 0 Å². The maximum Gasteiger partial charge on any atom is 0.144 e. The fraction of sp³-hybridized carbons (Fsp3) is 0.600. The summed E-state index contributed by atoms with van der Waals surface area (Å²) >= 11 is 0. The van der Waals surface area contributed by atoms with Gasteiger partial charge in [-0.15, -0.1) is 0 Å². The first-order valence-corrected chi connectivity index (χ1v) is 7.00. The predicted molar refractivity (Wildman–Crippen MR) is 77.1 cm³/mol. The van der Waals surface area contributed by atoms with Gasteiger partial charge in [-0.1, -0.05) is 18.9 Å². The van der Waals surface area contributed by atoms with Crippen molar-refractivity contribution in [1.29, 1.82) is 0 Å². The van der Waals surface area contributed by atoms with E-state index in [1.54, 1.807) is 0 Å². The van der Waals surface area contributed by atoms with Crippen molar-refractivity contribution in [2.75, 3.05) is 17.7 Å². The van der Waals surface area contributed by atoms with E-state index in [0.29, 0.717) is 12.6 Å². The third-order valence-corrected chi connectivity index (χ3v) is 3.86. The molecule has 3 heteroatoms. The first-order chi connectivity index (χ1) is 8.72. The van der Waals surface area contributed by atoms with Crippen LogP contribution < -0.4 is 15.8 Å². The molecule has 0 heterocycles. The quantitative estimate of drug-likeness (QED) is 0.782. The third kappa shape index (κ3) is 2.89. The summed E-state index contributed by atoms with van der Waals surface area (Å²) in [5.74, 6) is 1.56. The molecule has 1 atom stereocenters. The topological polar surface area (TPSA) is 47.3 Å². The number of benzene rings is 1. The van der Waals surface area contributed by atoms with Gasteiger partial charge in [0.15, 0.2) is 0 Å². The van der Waals surface area contributed by atoms with Crippen LogP contribution >= 0.6 is 0 Å². The standard InChI is InChI=1S/C15H24N2O/c1-3-18-14-10-6-9-13(15(14)16)17-11(2)12-7-4-5-8-12/h6,9-12,17H,3-5,7-8,16H2,1-2H3. The maximum atomic E-state index is 6.13. The zero-order valence-corrected chi connectivity index (χ0v) is 11.4. The Morgan fingerprint density at radius 2 is 2.11 bits per heavy atom. The molecule has 3 nitrogen and oxygen atoms in total. The monoisotopic (exact) mass is 248 g/mol. The molecule has 0 spiro atoms. The van der Waals surface area contributed by atoms with E-state index in [2.05, 4.69) is 12.2 Å². The SMILES string of the molecule is CCOc1cccc(NC(C)C2CCCC2)c1N. The molecule has 18 heavy (non-hydrogen) atoms. The molecule has 0 bridgehead atoms. The summed E-state index contributed by atoms with van der Waals surface area (Å²) in [6.07, 6.45) is 5.40. The molecule has 2 rings (SSSR count). The van der Waals surface area contributed by atoms with Crippen molar-refractivity contribution in [3.8, 4) is 5.75 Å². The van der Waals surface area contributed by atoms with Crippen molar-refractivity contribution in [3.05, 3.63) is 18.2 Å². The Labute approximate surface area is 110 Å². The van der Waals surface area contributed by atoms with E-state index in [-0.39, 0.29) is 0 Å². The Morgan fingerprint density at radius 3 is 2.78 bits per heavy atom. The van der Waals surface area contributed by atoms with Crippen LogP contribution in [0.25, 0.3) is 0 Å². The van der Waals surface area contributed by atoms with Gasteiger partial charge in [-0.2, -0.15) is 0 Å². The Hall–Kier alpha value is -1.38. The molecule has 100 valence electrons. The maximum absolute atomic E-state index is 6.13. The highest BCUT2D eigenvalue weighted by molar-refractivity contribution is 5.73. The third-order valence-electron chi connectivity index (χ3n) is 3.86. The summed E-state index contributed by atoms with van der Waals surface area (Å²) in [6.45, 7) is 4.87. The summed E-state index contributed by atoms with van der Waals surface area (Å²) in [4.78, 5) is 0. The van der Waals surface area contributed by atoms with Crippen LogP contribution in [0.5, 0.6) is 5.75 Å². The lowest BCUT2D eigenvalue weighted by Gasteiger charge is -2.23. The van der Waals surface area contributed by atoms with Gasteiger partial charge < -0.3 is 15.8 Å². The van der Waals surface area contributed by atoms with Crippen LogP contribution in [0.4, 0.5) is 11.4 Å². The lowest BCUT2D eigenvalue weighted by atomic mass is 9.99. The van der Waals surface area contributed by atoms with Crippen LogP contribution in [0.1, 0.15) is 39.5 Å². The van der Waals surface area contributed by atoms with E-state index < -0.39 is 0 Å². The summed E-state index contributed by atoms with van der Waals surface area (Å²) in [5.41, 5.74) is 7.86. The van der Waals surface area contributed by atoms with E-state index in [4.69, 9.17) is 10.5 Å². The molecule has 1 aromatic rings. The average molecular weight is 248 g/mol. The summed E-state index contributed by atoms with van der Waals surface area (Å²) in [5, 5.41) is 3.55. The Morgan fingerprint density at radius 1 is 1.39 bits per heavy atom. The van der Waals surface area contributed by atoms with Gasteiger partial charge in [-0.25, -0.2) is 0 Å². The van der Waals surface area contributed by atoms with E-state index in [0.717, 1.165) is 23.0 Å². The molecule has 0 aliphatic heterocycles. The van der Waals surface area contributed by atoms with Crippen LogP contribution in [0, 0.1) is 5.92 Å². The van der Waals surface area contributed by atoms with Crippen molar-refractivity contribution < 1.29 is 4.74 Å². The molecular formula is C15H24N2O. The lowest BCUT2D eigenvalue weighted by Crippen LogP contribution is -2.24.